The van der Waals surface area contributed by atoms with Crippen molar-refractivity contribution in [3.63, 3.8) is 0 Å². The van der Waals surface area contributed by atoms with E-state index in [1.54, 1.807) is 5.32 Å². The quantitative estimate of drug-likeness (QED) is 0.822. The van der Waals surface area contributed by atoms with Gasteiger partial charge in [-0.1, -0.05) is 18.2 Å². The van der Waals surface area contributed by atoms with Crippen LogP contribution in [-0.2, 0) is 0 Å². The molecule has 0 bridgehead atoms. The van der Waals surface area contributed by atoms with Crippen LogP contribution in [0.15, 0.2) is 42.5 Å². The van der Waals surface area contributed by atoms with E-state index in [0.717, 1.165) is 18.2 Å². The molecule has 2 amide bonds. The topological polar surface area (TPSA) is 58.2 Å². The summed E-state index contributed by atoms with van der Waals surface area (Å²) >= 11 is 0. The number of carbonyl (C=O) groups is 2. The maximum Gasteiger partial charge on any atom is 0.405 e. The molecule has 2 aromatic rings. The number of para-hydroxylation sites is 1. The van der Waals surface area contributed by atoms with Crippen molar-refractivity contribution in [1.29, 1.82) is 0 Å². The van der Waals surface area contributed by atoms with Crippen LogP contribution in [0.2, 0.25) is 0 Å². The van der Waals surface area contributed by atoms with Crippen LogP contribution in [0.1, 0.15) is 20.7 Å². The van der Waals surface area contributed by atoms with Crippen LogP contribution < -0.4 is 10.6 Å². The van der Waals surface area contributed by atoms with Gasteiger partial charge in [-0.15, -0.1) is 0 Å². The molecular formula is C16H11F5N2O2. The zero-order valence-electron chi connectivity index (χ0n) is 12.5. The lowest BCUT2D eigenvalue weighted by molar-refractivity contribution is -0.123. The maximum atomic E-state index is 13.6. The molecule has 2 aromatic carbocycles. The molecule has 0 saturated carbocycles. The number of benzene rings is 2. The lowest BCUT2D eigenvalue weighted by Gasteiger charge is -2.13. The first-order valence-corrected chi connectivity index (χ1v) is 6.88. The average Bonchev–Trinajstić information content (AvgIpc) is 2.52. The van der Waals surface area contributed by atoms with E-state index in [-0.39, 0.29) is 11.3 Å². The maximum absolute atomic E-state index is 13.6. The zero-order valence-corrected chi connectivity index (χ0v) is 12.5. The van der Waals surface area contributed by atoms with Gasteiger partial charge in [0.1, 0.15) is 23.7 Å². The lowest BCUT2D eigenvalue weighted by Crippen LogP contribution is -2.34. The van der Waals surface area contributed by atoms with Gasteiger partial charge in [0.25, 0.3) is 11.8 Å². The fraction of sp³-hybridized carbons (Fsp3) is 0.125. The number of nitrogens with one attached hydrogen (secondary N) is 2. The summed E-state index contributed by atoms with van der Waals surface area (Å²) in [5, 5.41) is 3.78. The molecule has 0 aliphatic carbocycles. The third-order valence-electron chi connectivity index (χ3n) is 3.06. The van der Waals surface area contributed by atoms with Crippen LogP contribution in [-0.4, -0.2) is 24.5 Å². The summed E-state index contributed by atoms with van der Waals surface area (Å²) in [4.78, 5) is 23.9. The van der Waals surface area contributed by atoms with Gasteiger partial charge in [0.05, 0.1) is 11.3 Å². The molecule has 0 saturated heterocycles. The minimum absolute atomic E-state index is 0.185. The van der Waals surface area contributed by atoms with Crippen LogP contribution in [0.5, 0.6) is 0 Å². The van der Waals surface area contributed by atoms with Gasteiger partial charge in [0.15, 0.2) is 0 Å². The van der Waals surface area contributed by atoms with E-state index >= 15 is 0 Å². The summed E-state index contributed by atoms with van der Waals surface area (Å²) in [6.07, 6.45) is -4.61. The van der Waals surface area contributed by atoms with Crippen LogP contribution in [0.4, 0.5) is 27.6 Å². The van der Waals surface area contributed by atoms with Gasteiger partial charge in [-0.05, 0) is 24.3 Å². The van der Waals surface area contributed by atoms with E-state index in [1.165, 1.54) is 24.3 Å². The third kappa shape index (κ3) is 4.75. The van der Waals surface area contributed by atoms with Crippen LogP contribution >= 0.6 is 0 Å². The minimum atomic E-state index is -4.61. The molecule has 0 radical (unpaired) electrons. The zero-order chi connectivity index (χ0) is 18.6. The Kier molecular flexibility index (Phi) is 5.35. The number of halogens is 5. The van der Waals surface area contributed by atoms with Crippen molar-refractivity contribution in [3.05, 3.63) is 65.2 Å². The summed E-state index contributed by atoms with van der Waals surface area (Å²) in [7, 11) is 0. The molecule has 132 valence electrons. The molecule has 2 rings (SSSR count). The molecule has 0 atom stereocenters. The fourth-order valence-corrected chi connectivity index (χ4v) is 1.97. The summed E-state index contributed by atoms with van der Waals surface area (Å²) in [5.74, 6) is -4.50. The number of amides is 2. The standard InChI is InChI=1S/C16H11F5N2O2/c17-10-5-3-6-11(18)13(10)15(25)23-12-7-2-1-4-9(12)14(24)22-8-16(19,20)21/h1-7H,8H2,(H,22,24)(H,23,25). The summed E-state index contributed by atoms with van der Waals surface area (Å²) in [6, 6.07) is 7.97. The summed E-state index contributed by atoms with van der Waals surface area (Å²) < 4.78 is 63.8. The molecule has 0 aliphatic heterocycles. The Morgan fingerprint density at radius 3 is 2.08 bits per heavy atom. The molecule has 0 fully saturated rings. The number of hydrogen-bond acceptors (Lipinski definition) is 2. The normalized spacial score (nSPS) is 11.1. The fourth-order valence-electron chi connectivity index (χ4n) is 1.97. The largest absolute Gasteiger partial charge is 0.405 e. The van der Waals surface area contributed by atoms with Crippen LogP contribution in [0.25, 0.3) is 0 Å². The Bertz CT molecular complexity index is 785. The second-order valence-electron chi connectivity index (χ2n) is 4.89. The van der Waals surface area contributed by atoms with Crippen molar-refractivity contribution in [2.24, 2.45) is 0 Å². The van der Waals surface area contributed by atoms with E-state index in [4.69, 9.17) is 0 Å². The molecule has 4 nitrogen and oxygen atoms in total. The average molecular weight is 358 g/mol. The van der Waals surface area contributed by atoms with Gasteiger partial charge in [0.2, 0.25) is 0 Å². The Labute approximate surface area is 138 Å². The van der Waals surface area contributed by atoms with E-state index in [2.05, 4.69) is 5.32 Å². The van der Waals surface area contributed by atoms with Gasteiger partial charge in [-0.3, -0.25) is 9.59 Å². The van der Waals surface area contributed by atoms with Crippen molar-refractivity contribution in [3.8, 4) is 0 Å². The molecule has 9 heteroatoms. The van der Waals surface area contributed by atoms with Crippen molar-refractivity contribution in [2.45, 2.75) is 6.18 Å². The molecule has 2 N–H and O–H groups in total. The molecule has 0 aliphatic rings. The van der Waals surface area contributed by atoms with Crippen LogP contribution in [0, 0.1) is 11.6 Å². The molecule has 25 heavy (non-hydrogen) atoms. The lowest BCUT2D eigenvalue weighted by atomic mass is 10.1. The van der Waals surface area contributed by atoms with Crippen molar-refractivity contribution < 1.29 is 31.5 Å². The molecule has 0 aromatic heterocycles. The second-order valence-corrected chi connectivity index (χ2v) is 4.89. The molecule has 0 spiro atoms. The van der Waals surface area contributed by atoms with Gasteiger partial charge in [-0.2, -0.15) is 13.2 Å². The first-order valence-electron chi connectivity index (χ1n) is 6.88. The predicted octanol–water partition coefficient (Wildman–Crippen LogP) is 3.51. The number of alkyl halides is 3. The number of rotatable bonds is 4. The van der Waals surface area contributed by atoms with Crippen molar-refractivity contribution >= 4 is 17.5 Å². The predicted molar refractivity (Wildman–Crippen MR) is 79.1 cm³/mol. The Balaban J connectivity index is 2.23. The van der Waals surface area contributed by atoms with Crippen molar-refractivity contribution in [2.75, 3.05) is 11.9 Å². The minimum Gasteiger partial charge on any atom is -0.343 e. The molecule has 0 heterocycles. The monoisotopic (exact) mass is 358 g/mol. The summed E-state index contributed by atoms with van der Waals surface area (Å²) in [5.41, 5.74) is -1.33. The third-order valence-corrected chi connectivity index (χ3v) is 3.06. The highest BCUT2D eigenvalue weighted by Crippen LogP contribution is 2.19. The van der Waals surface area contributed by atoms with E-state index < -0.39 is 41.7 Å². The van der Waals surface area contributed by atoms with Crippen molar-refractivity contribution in [1.82, 2.24) is 5.32 Å². The smallest absolute Gasteiger partial charge is 0.343 e. The highest BCUT2D eigenvalue weighted by Gasteiger charge is 2.28. The van der Waals surface area contributed by atoms with Gasteiger partial charge in [-0.25, -0.2) is 8.78 Å². The van der Waals surface area contributed by atoms with Gasteiger partial charge in [0, 0.05) is 0 Å². The first kappa shape index (κ1) is 18.4. The van der Waals surface area contributed by atoms with E-state index in [1.807, 2.05) is 0 Å². The summed E-state index contributed by atoms with van der Waals surface area (Å²) in [6.45, 7) is -1.56. The van der Waals surface area contributed by atoms with E-state index in [0.29, 0.717) is 0 Å². The second kappa shape index (κ2) is 7.29. The first-order chi connectivity index (χ1) is 11.7. The highest BCUT2D eigenvalue weighted by atomic mass is 19.4. The number of hydrogen-bond donors (Lipinski definition) is 2. The Hall–Kier alpha value is -2.97. The van der Waals surface area contributed by atoms with Gasteiger partial charge >= 0.3 is 6.18 Å². The number of carbonyl (C=O) groups excluding carboxylic acids is 2. The molecule has 0 unspecified atom stereocenters. The van der Waals surface area contributed by atoms with Crippen LogP contribution in [0.3, 0.4) is 0 Å². The Morgan fingerprint density at radius 2 is 1.48 bits per heavy atom. The van der Waals surface area contributed by atoms with Gasteiger partial charge < -0.3 is 10.6 Å². The number of anilines is 1. The SMILES string of the molecule is O=C(NCC(F)(F)F)c1ccccc1NC(=O)c1c(F)cccc1F. The highest BCUT2D eigenvalue weighted by molar-refractivity contribution is 6.09. The van der Waals surface area contributed by atoms with E-state index in [9.17, 15) is 31.5 Å². The Morgan fingerprint density at radius 1 is 0.880 bits per heavy atom. The molecular weight excluding hydrogens is 347 g/mol.